The van der Waals surface area contributed by atoms with Crippen LogP contribution in [-0.2, 0) is 11.3 Å². The summed E-state index contributed by atoms with van der Waals surface area (Å²) in [5.41, 5.74) is 0.805. The van der Waals surface area contributed by atoms with Crippen LogP contribution >= 0.6 is 22.9 Å². The zero-order valence-corrected chi connectivity index (χ0v) is 15.6. The topological polar surface area (TPSA) is 69.6 Å². The molecule has 0 unspecified atom stereocenters. The van der Waals surface area contributed by atoms with Crippen LogP contribution < -0.4 is 5.32 Å². The third kappa shape index (κ3) is 3.98. The van der Waals surface area contributed by atoms with Gasteiger partial charge in [0.05, 0.1) is 11.6 Å². The SMILES string of the molecule is CN(Cc1cccc(O)c1)C(=O)CNC(=O)c1sc2ccccc2c1Cl. The van der Waals surface area contributed by atoms with Gasteiger partial charge in [-0.15, -0.1) is 11.3 Å². The Labute approximate surface area is 159 Å². The molecule has 5 nitrogen and oxygen atoms in total. The number of fused-ring (bicyclic) bond motifs is 1. The van der Waals surface area contributed by atoms with Gasteiger partial charge >= 0.3 is 0 Å². The summed E-state index contributed by atoms with van der Waals surface area (Å²) in [7, 11) is 1.64. The fraction of sp³-hybridized carbons (Fsp3) is 0.158. The summed E-state index contributed by atoms with van der Waals surface area (Å²) in [6, 6.07) is 14.2. The number of likely N-dealkylation sites (N-methyl/N-ethyl adjacent to an activating group) is 1. The zero-order valence-electron chi connectivity index (χ0n) is 14.0. The molecule has 3 rings (SSSR count). The first-order chi connectivity index (χ1) is 12.5. The summed E-state index contributed by atoms with van der Waals surface area (Å²) in [5, 5.41) is 13.3. The number of hydrogen-bond donors (Lipinski definition) is 2. The van der Waals surface area contributed by atoms with Gasteiger partial charge in [0, 0.05) is 23.7 Å². The minimum absolute atomic E-state index is 0.126. The lowest BCUT2D eigenvalue weighted by atomic mass is 10.2. The molecule has 2 aromatic carbocycles. The molecule has 0 saturated carbocycles. The van der Waals surface area contributed by atoms with Crippen molar-refractivity contribution in [3.63, 3.8) is 0 Å². The van der Waals surface area contributed by atoms with E-state index in [-0.39, 0.29) is 24.1 Å². The number of carbonyl (C=O) groups is 2. The molecule has 0 aliphatic heterocycles. The lowest BCUT2D eigenvalue weighted by Crippen LogP contribution is -2.37. The molecule has 1 aromatic heterocycles. The predicted molar refractivity (Wildman–Crippen MR) is 104 cm³/mol. The smallest absolute Gasteiger partial charge is 0.263 e. The van der Waals surface area contributed by atoms with Gasteiger partial charge < -0.3 is 15.3 Å². The Hall–Kier alpha value is -2.57. The number of hydrogen-bond acceptors (Lipinski definition) is 4. The van der Waals surface area contributed by atoms with Crippen LogP contribution in [0.4, 0.5) is 0 Å². The van der Waals surface area contributed by atoms with E-state index in [1.54, 1.807) is 25.2 Å². The number of thiophene rings is 1. The number of benzene rings is 2. The van der Waals surface area contributed by atoms with Crippen molar-refractivity contribution in [2.24, 2.45) is 0 Å². The highest BCUT2D eigenvalue weighted by Gasteiger charge is 2.18. The number of amides is 2. The van der Waals surface area contributed by atoms with Crippen LogP contribution in [0.25, 0.3) is 10.1 Å². The van der Waals surface area contributed by atoms with Crippen molar-refractivity contribution >= 4 is 44.8 Å². The van der Waals surface area contributed by atoms with Gasteiger partial charge in [0.25, 0.3) is 5.91 Å². The summed E-state index contributed by atoms with van der Waals surface area (Å²) >= 11 is 7.58. The monoisotopic (exact) mass is 388 g/mol. The fourth-order valence-electron chi connectivity index (χ4n) is 2.55. The Kier molecular flexibility index (Phi) is 5.44. The molecule has 2 amide bonds. The summed E-state index contributed by atoms with van der Waals surface area (Å²) in [5.74, 6) is -0.453. The molecule has 0 saturated heterocycles. The highest BCUT2D eigenvalue weighted by molar-refractivity contribution is 7.21. The predicted octanol–water partition coefficient (Wildman–Crippen LogP) is 3.65. The minimum atomic E-state index is -0.365. The highest BCUT2D eigenvalue weighted by atomic mass is 35.5. The van der Waals surface area contributed by atoms with E-state index < -0.39 is 0 Å². The summed E-state index contributed by atoms with van der Waals surface area (Å²) < 4.78 is 0.926. The Morgan fingerprint density at radius 2 is 1.96 bits per heavy atom. The average molecular weight is 389 g/mol. The van der Waals surface area contributed by atoms with Crippen molar-refractivity contribution in [1.82, 2.24) is 10.2 Å². The second-order valence-corrected chi connectivity index (χ2v) is 7.27. The molecule has 0 aliphatic carbocycles. The van der Waals surface area contributed by atoms with Gasteiger partial charge in [-0.3, -0.25) is 9.59 Å². The molecular weight excluding hydrogens is 372 g/mol. The van der Waals surface area contributed by atoms with Crippen LogP contribution in [0.1, 0.15) is 15.2 Å². The Morgan fingerprint density at radius 3 is 2.69 bits per heavy atom. The summed E-state index contributed by atoms with van der Waals surface area (Å²) in [6.45, 7) is 0.214. The minimum Gasteiger partial charge on any atom is -0.508 e. The normalized spacial score (nSPS) is 10.7. The van der Waals surface area contributed by atoms with Crippen LogP contribution in [0.3, 0.4) is 0 Å². The van der Waals surface area contributed by atoms with Gasteiger partial charge in [0.15, 0.2) is 0 Å². The Morgan fingerprint density at radius 1 is 1.19 bits per heavy atom. The molecule has 0 bridgehead atoms. The summed E-state index contributed by atoms with van der Waals surface area (Å²) in [4.78, 5) is 26.5. The van der Waals surface area contributed by atoms with Crippen molar-refractivity contribution in [1.29, 1.82) is 0 Å². The number of carbonyl (C=O) groups excluding carboxylic acids is 2. The Balaban J connectivity index is 1.61. The van der Waals surface area contributed by atoms with Crippen molar-refractivity contribution in [3.8, 4) is 5.75 Å². The van der Waals surface area contributed by atoms with Crippen LogP contribution in [0.15, 0.2) is 48.5 Å². The van der Waals surface area contributed by atoms with Gasteiger partial charge in [0.2, 0.25) is 5.91 Å². The van der Waals surface area contributed by atoms with E-state index in [1.165, 1.54) is 16.2 Å². The van der Waals surface area contributed by atoms with E-state index in [2.05, 4.69) is 5.32 Å². The molecule has 2 N–H and O–H groups in total. The molecule has 0 radical (unpaired) electrons. The molecule has 26 heavy (non-hydrogen) atoms. The van der Waals surface area contributed by atoms with Crippen molar-refractivity contribution in [2.45, 2.75) is 6.54 Å². The second-order valence-electron chi connectivity index (χ2n) is 5.84. The first-order valence-corrected chi connectivity index (χ1v) is 9.12. The molecule has 1 heterocycles. The molecule has 0 atom stereocenters. The Bertz CT molecular complexity index is 970. The molecule has 3 aromatic rings. The third-order valence-electron chi connectivity index (χ3n) is 3.90. The largest absolute Gasteiger partial charge is 0.508 e. The standard InChI is InChI=1S/C19H17ClN2O3S/c1-22(11-12-5-4-6-13(23)9-12)16(24)10-21-19(25)18-17(20)14-7-2-3-8-15(14)26-18/h2-9,23H,10-11H2,1H3,(H,21,25). The summed E-state index contributed by atoms with van der Waals surface area (Å²) in [6.07, 6.45) is 0. The average Bonchev–Trinajstić information content (AvgIpc) is 2.96. The van der Waals surface area contributed by atoms with Crippen LogP contribution in [0.5, 0.6) is 5.75 Å². The molecule has 0 aliphatic rings. The van der Waals surface area contributed by atoms with Gasteiger partial charge in [-0.2, -0.15) is 0 Å². The van der Waals surface area contributed by atoms with Crippen molar-refractivity contribution in [3.05, 3.63) is 64.0 Å². The lowest BCUT2D eigenvalue weighted by molar-refractivity contribution is -0.129. The zero-order chi connectivity index (χ0) is 18.7. The van der Waals surface area contributed by atoms with Crippen molar-refractivity contribution < 1.29 is 14.7 Å². The van der Waals surface area contributed by atoms with E-state index in [9.17, 15) is 14.7 Å². The number of phenols is 1. The maximum Gasteiger partial charge on any atom is 0.263 e. The van der Waals surface area contributed by atoms with Crippen molar-refractivity contribution in [2.75, 3.05) is 13.6 Å². The number of aromatic hydroxyl groups is 1. The maximum absolute atomic E-state index is 12.4. The van der Waals surface area contributed by atoms with E-state index in [1.807, 2.05) is 30.3 Å². The third-order valence-corrected chi connectivity index (χ3v) is 5.57. The van der Waals surface area contributed by atoms with Gasteiger partial charge in [0.1, 0.15) is 10.6 Å². The molecular formula is C19H17ClN2O3S. The first-order valence-electron chi connectivity index (χ1n) is 7.93. The van der Waals surface area contributed by atoms with E-state index in [4.69, 9.17) is 11.6 Å². The van der Waals surface area contributed by atoms with Crippen LogP contribution in [0.2, 0.25) is 5.02 Å². The number of nitrogens with zero attached hydrogens (tertiary/aromatic N) is 1. The van der Waals surface area contributed by atoms with E-state index in [0.717, 1.165) is 15.6 Å². The number of nitrogens with one attached hydrogen (secondary N) is 1. The van der Waals surface area contributed by atoms with Gasteiger partial charge in [-0.25, -0.2) is 0 Å². The van der Waals surface area contributed by atoms with Crippen LogP contribution in [0, 0.1) is 0 Å². The molecule has 134 valence electrons. The van der Waals surface area contributed by atoms with Gasteiger partial charge in [-0.05, 0) is 23.8 Å². The lowest BCUT2D eigenvalue weighted by Gasteiger charge is -2.17. The molecule has 7 heteroatoms. The van der Waals surface area contributed by atoms with E-state index >= 15 is 0 Å². The second kappa shape index (κ2) is 7.76. The highest BCUT2D eigenvalue weighted by Crippen LogP contribution is 2.34. The van der Waals surface area contributed by atoms with Crippen LogP contribution in [-0.4, -0.2) is 35.4 Å². The first kappa shape index (κ1) is 18.2. The quantitative estimate of drug-likeness (QED) is 0.701. The number of phenolic OH excluding ortho intramolecular Hbond substituents is 1. The maximum atomic E-state index is 12.4. The van der Waals surface area contributed by atoms with Gasteiger partial charge in [-0.1, -0.05) is 41.9 Å². The fourth-order valence-corrected chi connectivity index (χ4v) is 3.98. The van der Waals surface area contributed by atoms with E-state index in [0.29, 0.717) is 16.4 Å². The molecule has 0 fully saturated rings. The molecule has 0 spiro atoms. The number of halogens is 1. The number of rotatable bonds is 5.